The number of hydrogen-bond donors (Lipinski definition) is 0. The summed E-state index contributed by atoms with van der Waals surface area (Å²) in [6.45, 7) is 1.74. The number of rotatable bonds is 10. The Bertz CT molecular complexity index is 701. The van der Waals surface area contributed by atoms with Crippen LogP contribution in [-0.2, 0) is 0 Å². The number of ketones is 2. The minimum Gasteiger partial charge on any atom is -0.294 e. The molecule has 5 nitrogen and oxygen atoms in total. The Kier molecular flexibility index (Phi) is 6.78. The van der Waals surface area contributed by atoms with Crippen LogP contribution in [0.3, 0.4) is 0 Å². The summed E-state index contributed by atoms with van der Waals surface area (Å²) in [7, 11) is 0. The van der Waals surface area contributed by atoms with Crippen LogP contribution in [0.2, 0.25) is 0 Å². The lowest BCUT2D eigenvalue weighted by molar-refractivity contribution is -0.573. The molecule has 0 saturated heterocycles. The minimum atomic E-state index is -1.26. The maximum Gasteiger partial charge on any atom is 0.222 e. The van der Waals surface area contributed by atoms with Crippen molar-refractivity contribution in [2.45, 2.75) is 44.6 Å². The molecule has 0 aliphatic carbocycles. The van der Waals surface area contributed by atoms with Crippen LogP contribution in [0.5, 0.6) is 0 Å². The molecule has 0 radical (unpaired) electrons. The van der Waals surface area contributed by atoms with E-state index in [4.69, 9.17) is 0 Å². The number of nitrogens with zero attached hydrogens (tertiary/aromatic N) is 1. The fourth-order valence-corrected chi connectivity index (χ4v) is 3.02. The zero-order valence-corrected chi connectivity index (χ0v) is 14.9. The van der Waals surface area contributed by atoms with Gasteiger partial charge in [-0.15, -0.1) is 0 Å². The molecule has 0 fully saturated rings. The first-order valence-electron chi connectivity index (χ1n) is 8.79. The van der Waals surface area contributed by atoms with Crippen molar-refractivity contribution in [3.8, 4) is 0 Å². The minimum absolute atomic E-state index is 0.0956. The molecule has 0 amide bonds. The highest BCUT2D eigenvalue weighted by Crippen LogP contribution is 2.29. The lowest BCUT2D eigenvalue weighted by Crippen LogP contribution is -2.38. The van der Waals surface area contributed by atoms with E-state index < -0.39 is 5.54 Å². The molecule has 0 N–H and O–H groups in total. The molecule has 26 heavy (non-hydrogen) atoms. The van der Waals surface area contributed by atoms with Gasteiger partial charge < -0.3 is 0 Å². The highest BCUT2D eigenvalue weighted by molar-refractivity contribution is 5.96. The van der Waals surface area contributed by atoms with Gasteiger partial charge in [0.25, 0.3) is 0 Å². The van der Waals surface area contributed by atoms with Gasteiger partial charge in [0.15, 0.2) is 11.6 Å². The smallest absolute Gasteiger partial charge is 0.222 e. The summed E-state index contributed by atoms with van der Waals surface area (Å²) in [5.74, 6) is -0.223. The Morgan fingerprint density at radius 1 is 0.846 bits per heavy atom. The van der Waals surface area contributed by atoms with Gasteiger partial charge in [-0.25, -0.2) is 0 Å². The second kappa shape index (κ2) is 9.04. The molecular formula is C21H23NO4. The number of carbonyl (C=O) groups excluding carboxylic acids is 2. The first kappa shape index (κ1) is 19.5. The van der Waals surface area contributed by atoms with Gasteiger partial charge in [-0.2, -0.15) is 0 Å². The van der Waals surface area contributed by atoms with Crippen LogP contribution < -0.4 is 0 Å². The molecule has 0 spiro atoms. The monoisotopic (exact) mass is 353 g/mol. The largest absolute Gasteiger partial charge is 0.294 e. The SMILES string of the molecule is CCC(CCC(=O)c1ccccc1)(CCC(=O)c1ccccc1)[N+](=O)[O-]. The number of nitro groups is 1. The van der Waals surface area contributed by atoms with Gasteiger partial charge in [0.05, 0.1) is 0 Å². The summed E-state index contributed by atoms with van der Waals surface area (Å²) >= 11 is 0. The van der Waals surface area contributed by atoms with Crippen LogP contribution in [0.1, 0.15) is 59.7 Å². The molecule has 5 heteroatoms. The average molecular weight is 353 g/mol. The molecule has 0 aliphatic rings. The third-order valence-electron chi connectivity index (χ3n) is 4.87. The van der Waals surface area contributed by atoms with Crippen molar-refractivity contribution < 1.29 is 14.5 Å². The second-order valence-corrected chi connectivity index (χ2v) is 6.41. The predicted octanol–water partition coefficient (Wildman–Crippen LogP) is 4.74. The van der Waals surface area contributed by atoms with E-state index in [1.165, 1.54) is 0 Å². The molecule has 136 valence electrons. The summed E-state index contributed by atoms with van der Waals surface area (Å²) < 4.78 is 0. The lowest BCUT2D eigenvalue weighted by Gasteiger charge is -2.23. The Balaban J connectivity index is 2.04. The predicted molar refractivity (Wildman–Crippen MR) is 100 cm³/mol. The van der Waals surface area contributed by atoms with Crippen molar-refractivity contribution in [1.82, 2.24) is 0 Å². The Morgan fingerprint density at radius 3 is 1.54 bits per heavy atom. The Morgan fingerprint density at radius 2 is 1.23 bits per heavy atom. The van der Waals surface area contributed by atoms with E-state index in [0.29, 0.717) is 11.1 Å². The summed E-state index contributed by atoms with van der Waals surface area (Å²) in [5.41, 5.74) is -0.142. The summed E-state index contributed by atoms with van der Waals surface area (Å²) in [5, 5.41) is 11.7. The van der Waals surface area contributed by atoms with Crippen molar-refractivity contribution in [1.29, 1.82) is 0 Å². The first-order chi connectivity index (χ1) is 12.5. The van der Waals surface area contributed by atoms with E-state index >= 15 is 0 Å². The third-order valence-corrected chi connectivity index (χ3v) is 4.87. The van der Waals surface area contributed by atoms with Crippen LogP contribution >= 0.6 is 0 Å². The molecule has 0 atom stereocenters. The highest BCUT2D eigenvalue weighted by Gasteiger charge is 2.41. The maximum absolute atomic E-state index is 12.3. The van der Waals surface area contributed by atoms with Crippen LogP contribution in [0.25, 0.3) is 0 Å². The van der Waals surface area contributed by atoms with E-state index in [2.05, 4.69) is 0 Å². The van der Waals surface area contributed by atoms with Crippen LogP contribution in [0.4, 0.5) is 0 Å². The van der Waals surface area contributed by atoms with Crippen molar-refractivity contribution >= 4 is 11.6 Å². The van der Waals surface area contributed by atoms with Gasteiger partial charge in [0, 0.05) is 48.2 Å². The van der Waals surface area contributed by atoms with E-state index in [0.717, 1.165) is 0 Å². The van der Waals surface area contributed by atoms with E-state index in [-0.39, 0.29) is 48.6 Å². The molecule has 0 heterocycles. The molecular weight excluding hydrogens is 330 g/mol. The number of carbonyl (C=O) groups is 2. The normalized spacial score (nSPS) is 11.1. The third kappa shape index (κ3) is 4.85. The zero-order valence-electron chi connectivity index (χ0n) is 14.9. The number of benzene rings is 2. The van der Waals surface area contributed by atoms with Gasteiger partial charge in [-0.05, 0) is 0 Å². The van der Waals surface area contributed by atoms with Gasteiger partial charge in [-0.3, -0.25) is 19.7 Å². The van der Waals surface area contributed by atoms with Crippen molar-refractivity contribution in [2.24, 2.45) is 0 Å². The van der Waals surface area contributed by atoms with Gasteiger partial charge in [0.2, 0.25) is 5.54 Å². The Labute approximate surface area is 153 Å². The Hall–Kier alpha value is -2.82. The molecule has 2 aromatic rings. The van der Waals surface area contributed by atoms with Crippen LogP contribution in [0.15, 0.2) is 60.7 Å². The highest BCUT2D eigenvalue weighted by atomic mass is 16.6. The fourth-order valence-electron chi connectivity index (χ4n) is 3.02. The molecule has 2 aromatic carbocycles. The molecule has 0 aromatic heterocycles. The zero-order chi connectivity index (χ0) is 19.0. The molecule has 2 rings (SSSR count). The lowest BCUT2D eigenvalue weighted by atomic mass is 9.83. The van der Waals surface area contributed by atoms with E-state index in [9.17, 15) is 19.7 Å². The van der Waals surface area contributed by atoms with Crippen molar-refractivity contribution in [3.05, 3.63) is 81.9 Å². The number of Topliss-reactive ketones (excluding diaryl/α,β-unsaturated/α-hetero) is 2. The second-order valence-electron chi connectivity index (χ2n) is 6.41. The summed E-state index contributed by atoms with van der Waals surface area (Å²) in [6, 6.07) is 17.6. The van der Waals surface area contributed by atoms with E-state index in [1.54, 1.807) is 55.5 Å². The fraction of sp³-hybridized carbons (Fsp3) is 0.333. The van der Waals surface area contributed by atoms with Crippen molar-refractivity contribution in [3.63, 3.8) is 0 Å². The molecule has 0 aliphatic heterocycles. The number of hydrogen-bond acceptors (Lipinski definition) is 4. The van der Waals surface area contributed by atoms with Crippen molar-refractivity contribution in [2.75, 3.05) is 0 Å². The van der Waals surface area contributed by atoms with Gasteiger partial charge in [0.1, 0.15) is 0 Å². The van der Waals surface area contributed by atoms with E-state index in [1.807, 2.05) is 12.1 Å². The van der Waals surface area contributed by atoms with Crippen LogP contribution in [0, 0.1) is 10.1 Å². The molecule has 0 unspecified atom stereocenters. The van der Waals surface area contributed by atoms with Crippen LogP contribution in [-0.4, -0.2) is 22.0 Å². The molecule has 0 bridgehead atoms. The van der Waals surface area contributed by atoms with Gasteiger partial charge in [-0.1, -0.05) is 67.6 Å². The quantitative estimate of drug-likeness (QED) is 0.351. The average Bonchev–Trinajstić information content (AvgIpc) is 2.69. The van der Waals surface area contributed by atoms with Gasteiger partial charge >= 0.3 is 0 Å². The first-order valence-corrected chi connectivity index (χ1v) is 8.79. The molecule has 0 saturated carbocycles. The summed E-state index contributed by atoms with van der Waals surface area (Å²) in [4.78, 5) is 36.0. The maximum atomic E-state index is 12.3. The topological polar surface area (TPSA) is 77.3 Å². The summed E-state index contributed by atoms with van der Waals surface area (Å²) in [6.07, 6.45) is 0.736. The standard InChI is InChI=1S/C21H23NO4/c1-2-21(22(25)26,15-13-19(23)17-9-5-3-6-10-17)16-14-20(24)18-11-7-4-8-12-18/h3-12H,2,13-16H2,1H3.